The SMILES string of the molecule is [2H]c1c([2H])c([2H])c(-c2cccc3sc4ccc(-c5cc(C(C)(C)C)cc(C(C)(C)C)c5)c(C(C)(C)C)c4c23)c([2H])c1[2H]. The van der Waals surface area contributed by atoms with Gasteiger partial charge in [0.05, 0.1) is 6.85 Å². The molecule has 0 fully saturated rings. The summed E-state index contributed by atoms with van der Waals surface area (Å²) in [5.74, 6) is 0. The van der Waals surface area contributed by atoms with Crippen LogP contribution in [-0.2, 0) is 16.2 Å². The van der Waals surface area contributed by atoms with E-state index >= 15 is 0 Å². The molecule has 0 aliphatic carbocycles. The van der Waals surface area contributed by atoms with Crippen molar-refractivity contribution in [1.82, 2.24) is 0 Å². The fourth-order valence-corrected chi connectivity index (χ4v) is 6.31. The molecule has 0 saturated carbocycles. The smallest absolute Gasteiger partial charge is 0.0629 e. The third-order valence-electron chi connectivity index (χ3n) is 7.16. The first-order chi connectivity index (χ1) is 19.3. The van der Waals surface area contributed by atoms with Gasteiger partial charge in [0.15, 0.2) is 0 Å². The van der Waals surface area contributed by atoms with Crippen LogP contribution in [0.25, 0.3) is 42.4 Å². The maximum Gasteiger partial charge on any atom is 0.0629 e. The first-order valence-electron chi connectivity index (χ1n) is 15.5. The van der Waals surface area contributed by atoms with Gasteiger partial charge in [-0.3, -0.25) is 0 Å². The predicted molar refractivity (Wildman–Crippen MR) is 166 cm³/mol. The number of fused-ring (bicyclic) bond motifs is 3. The van der Waals surface area contributed by atoms with Crippen molar-refractivity contribution in [3.05, 3.63) is 95.4 Å². The predicted octanol–water partition coefficient (Wildman–Crippen LogP) is 11.3. The topological polar surface area (TPSA) is 0 Å². The second kappa shape index (κ2) is 8.84. The molecule has 0 atom stereocenters. The largest absolute Gasteiger partial charge is 0.135 e. The fourth-order valence-electron chi connectivity index (χ4n) is 5.17. The van der Waals surface area contributed by atoms with Gasteiger partial charge in [-0.15, -0.1) is 11.3 Å². The summed E-state index contributed by atoms with van der Waals surface area (Å²) in [7, 11) is 0. The number of rotatable bonds is 2. The van der Waals surface area contributed by atoms with Crippen LogP contribution in [0.5, 0.6) is 0 Å². The zero-order valence-corrected chi connectivity index (χ0v) is 24.3. The Morgan fingerprint density at radius 1 is 0.568 bits per heavy atom. The van der Waals surface area contributed by atoms with Gasteiger partial charge in [-0.05, 0) is 67.3 Å². The van der Waals surface area contributed by atoms with Gasteiger partial charge in [0.1, 0.15) is 0 Å². The average molecular weight is 510 g/mol. The molecule has 0 spiro atoms. The van der Waals surface area contributed by atoms with Crippen molar-refractivity contribution in [3.63, 3.8) is 0 Å². The van der Waals surface area contributed by atoms with Crippen molar-refractivity contribution >= 4 is 31.5 Å². The number of hydrogen-bond donors (Lipinski definition) is 0. The first-order valence-corrected chi connectivity index (χ1v) is 13.9. The highest BCUT2D eigenvalue weighted by molar-refractivity contribution is 7.26. The summed E-state index contributed by atoms with van der Waals surface area (Å²) in [6.45, 7) is 20.2. The Balaban J connectivity index is 1.97. The van der Waals surface area contributed by atoms with Crippen LogP contribution >= 0.6 is 11.3 Å². The first kappa shape index (κ1) is 20.1. The highest BCUT2D eigenvalue weighted by Gasteiger charge is 2.27. The molecule has 0 unspecified atom stereocenters. The molecule has 0 aliphatic heterocycles. The molecular weight excluding hydrogens is 464 g/mol. The lowest BCUT2D eigenvalue weighted by molar-refractivity contribution is 0.568. The monoisotopic (exact) mass is 509 g/mol. The van der Waals surface area contributed by atoms with E-state index in [1.54, 1.807) is 11.3 Å². The standard InChI is InChI=1S/C36H40S/c1-34(2,3)25-20-24(21-26(22-25)35(4,5)6)28-18-19-30-32(33(28)36(7,8)9)31-27(16-13-17-29(31)37-30)23-14-11-10-12-15-23/h10-22H,1-9H3/i10D,11D,12D,14D,15D. The molecule has 4 aromatic carbocycles. The van der Waals surface area contributed by atoms with Crippen LogP contribution in [0.3, 0.4) is 0 Å². The number of hydrogen-bond acceptors (Lipinski definition) is 1. The minimum Gasteiger partial charge on any atom is -0.135 e. The van der Waals surface area contributed by atoms with E-state index < -0.39 is 0 Å². The zero-order chi connectivity index (χ0) is 31.1. The third-order valence-corrected chi connectivity index (χ3v) is 8.28. The van der Waals surface area contributed by atoms with E-state index in [2.05, 4.69) is 98.7 Å². The maximum atomic E-state index is 8.76. The summed E-state index contributed by atoms with van der Waals surface area (Å²) in [5.41, 5.74) is 6.78. The minimum absolute atomic E-state index is 0.0226. The van der Waals surface area contributed by atoms with Crippen LogP contribution in [-0.4, -0.2) is 0 Å². The van der Waals surface area contributed by atoms with E-state index in [1.165, 1.54) is 27.8 Å². The van der Waals surface area contributed by atoms with Crippen LogP contribution in [0.2, 0.25) is 0 Å². The van der Waals surface area contributed by atoms with Gasteiger partial charge >= 0.3 is 0 Å². The normalized spacial score (nSPS) is 14.9. The lowest BCUT2D eigenvalue weighted by Crippen LogP contribution is -2.17. The van der Waals surface area contributed by atoms with Crippen molar-refractivity contribution in [2.24, 2.45) is 0 Å². The van der Waals surface area contributed by atoms with Crippen LogP contribution in [0, 0.1) is 0 Å². The number of benzene rings is 4. The molecule has 1 heterocycles. The van der Waals surface area contributed by atoms with E-state index in [0.29, 0.717) is 5.56 Å². The van der Waals surface area contributed by atoms with Gasteiger partial charge in [0, 0.05) is 20.2 Å². The molecule has 5 aromatic rings. The van der Waals surface area contributed by atoms with E-state index in [0.717, 1.165) is 20.2 Å². The summed E-state index contributed by atoms with van der Waals surface area (Å²) in [4.78, 5) is 0. The maximum absolute atomic E-state index is 8.76. The molecular formula is C36H40S. The Labute approximate surface area is 234 Å². The Kier molecular flexibility index (Phi) is 4.81. The summed E-state index contributed by atoms with van der Waals surface area (Å²) in [6.07, 6.45) is 0. The molecule has 0 N–H and O–H groups in total. The second-order valence-electron chi connectivity index (χ2n) is 13.2. The zero-order valence-electron chi connectivity index (χ0n) is 28.5. The van der Waals surface area contributed by atoms with Crippen LogP contribution in [0.15, 0.2) is 78.7 Å². The molecule has 190 valence electrons. The van der Waals surface area contributed by atoms with Gasteiger partial charge < -0.3 is 0 Å². The highest BCUT2D eigenvalue weighted by atomic mass is 32.1. The van der Waals surface area contributed by atoms with Crippen LogP contribution in [0.1, 0.15) is 85.9 Å². The Hall–Kier alpha value is -2.90. The molecule has 1 aromatic heterocycles. The Morgan fingerprint density at radius 3 is 1.73 bits per heavy atom. The van der Waals surface area contributed by atoms with E-state index in [4.69, 9.17) is 6.85 Å². The summed E-state index contributed by atoms with van der Waals surface area (Å²) >= 11 is 1.69. The molecule has 0 nitrogen and oxygen atoms in total. The van der Waals surface area contributed by atoms with Gasteiger partial charge in [-0.2, -0.15) is 0 Å². The molecule has 0 radical (unpaired) electrons. The molecule has 0 aliphatic rings. The molecule has 5 rings (SSSR count). The Bertz CT molecular complexity index is 1810. The van der Waals surface area contributed by atoms with Crippen LogP contribution < -0.4 is 0 Å². The third kappa shape index (κ3) is 4.75. The number of thiophene rings is 1. The highest BCUT2D eigenvalue weighted by Crippen LogP contribution is 2.48. The van der Waals surface area contributed by atoms with Crippen molar-refractivity contribution in [2.45, 2.75) is 78.6 Å². The van der Waals surface area contributed by atoms with Gasteiger partial charge in [-0.25, -0.2) is 0 Å². The van der Waals surface area contributed by atoms with Crippen molar-refractivity contribution in [1.29, 1.82) is 0 Å². The lowest BCUT2D eigenvalue weighted by Gasteiger charge is -2.29. The van der Waals surface area contributed by atoms with Crippen LogP contribution in [0.4, 0.5) is 0 Å². The lowest BCUT2D eigenvalue weighted by atomic mass is 9.75. The van der Waals surface area contributed by atoms with Crippen molar-refractivity contribution < 1.29 is 6.85 Å². The van der Waals surface area contributed by atoms with E-state index in [-0.39, 0.29) is 52.0 Å². The fraction of sp³-hybridized carbons (Fsp3) is 0.333. The molecule has 0 bridgehead atoms. The van der Waals surface area contributed by atoms with Gasteiger partial charge in [0.25, 0.3) is 0 Å². The van der Waals surface area contributed by atoms with Crippen molar-refractivity contribution in [3.8, 4) is 22.3 Å². The molecule has 0 amide bonds. The molecule has 1 heteroatoms. The summed E-state index contributed by atoms with van der Waals surface area (Å²) in [5, 5.41) is 2.05. The summed E-state index contributed by atoms with van der Waals surface area (Å²) in [6, 6.07) is 16.0. The second-order valence-corrected chi connectivity index (χ2v) is 14.3. The molecule has 0 saturated heterocycles. The van der Waals surface area contributed by atoms with E-state index in [9.17, 15) is 0 Å². The quantitative estimate of drug-likeness (QED) is 0.222. The van der Waals surface area contributed by atoms with E-state index in [1.807, 2.05) is 12.1 Å². The molecule has 37 heavy (non-hydrogen) atoms. The van der Waals surface area contributed by atoms with Gasteiger partial charge in [-0.1, -0.05) is 129 Å². The summed E-state index contributed by atoms with van der Waals surface area (Å²) < 4.78 is 44.5. The Morgan fingerprint density at radius 2 is 1.16 bits per heavy atom. The van der Waals surface area contributed by atoms with Gasteiger partial charge in [0.2, 0.25) is 0 Å². The average Bonchev–Trinajstić information content (AvgIpc) is 3.28. The minimum atomic E-state index is -0.373. The van der Waals surface area contributed by atoms with Crippen molar-refractivity contribution in [2.75, 3.05) is 0 Å².